The van der Waals surface area contributed by atoms with E-state index in [1.165, 1.54) is 65.3 Å². The summed E-state index contributed by atoms with van der Waals surface area (Å²) >= 11 is 1.33. The molecule has 2 aromatic rings. The maximum Gasteiger partial charge on any atom is 0.613 e. The zero-order chi connectivity index (χ0) is 60.1. The van der Waals surface area contributed by atoms with Crippen LogP contribution in [0, 0.1) is 5.92 Å². The highest BCUT2D eigenvalue weighted by molar-refractivity contribution is 7.98. The van der Waals surface area contributed by atoms with Gasteiger partial charge in [0, 0.05) is 44.2 Å². The Kier molecular flexibility index (Phi) is 26.6. The predicted octanol–water partition coefficient (Wildman–Crippen LogP) is -4.92. The van der Waals surface area contributed by atoms with Crippen molar-refractivity contribution in [2.45, 2.75) is 152 Å². The Labute approximate surface area is 473 Å². The Morgan fingerprint density at radius 1 is 0.765 bits per heavy atom. The molecule has 450 valence electrons. The van der Waals surface area contributed by atoms with Crippen molar-refractivity contribution < 1.29 is 78.0 Å². The zero-order valence-electron chi connectivity index (χ0n) is 45.8. The number of hydrogen-bond acceptors (Lipinski definition) is 19. The Morgan fingerprint density at radius 2 is 1.33 bits per heavy atom. The number of nitrogens with two attached hydrogens (primary N) is 3. The van der Waals surface area contributed by atoms with E-state index in [0.717, 1.165) is 0 Å². The van der Waals surface area contributed by atoms with Gasteiger partial charge in [-0.3, -0.25) is 53.0 Å². The number of aromatic nitrogens is 2. The summed E-state index contributed by atoms with van der Waals surface area (Å²) in [6, 6.07) is -5.98. The lowest BCUT2D eigenvalue weighted by Gasteiger charge is -2.32. The van der Waals surface area contributed by atoms with E-state index in [1.807, 2.05) is 13.8 Å². The molecule has 2 fully saturated rings. The number of aliphatic carboxylic acids is 1. The summed E-state index contributed by atoms with van der Waals surface area (Å²) in [7, 11) is -4.69. The maximum atomic E-state index is 14.4. The monoisotopic (exact) mass is 1180 g/mol. The first-order valence-corrected chi connectivity index (χ1v) is 29.5. The number of thioether (sulfide) groups is 1. The van der Waals surface area contributed by atoms with Crippen molar-refractivity contribution in [2.75, 3.05) is 31.6 Å². The lowest BCUT2D eigenvalue weighted by Crippen LogP contribution is -2.69. The smallest absolute Gasteiger partial charge is 0.480 e. The zero-order valence-corrected chi connectivity index (χ0v) is 47.5. The Hall–Kier alpha value is -6.57. The first-order chi connectivity index (χ1) is 38.2. The van der Waals surface area contributed by atoms with Crippen LogP contribution >= 0.6 is 19.9 Å². The number of benzene rings is 1. The summed E-state index contributed by atoms with van der Waals surface area (Å²) in [5, 5.41) is 28.1. The molecule has 32 heteroatoms. The number of nitrogens with one attached hydrogen (secondary N) is 8. The van der Waals surface area contributed by atoms with Gasteiger partial charge in [-0.05, 0) is 94.0 Å². The summed E-state index contributed by atoms with van der Waals surface area (Å²) in [5.74, 6) is -8.08. The second kappa shape index (κ2) is 32.2. The second-order valence-corrected chi connectivity index (χ2v) is 22.6. The number of quaternary nitrogens is 1. The minimum atomic E-state index is -4.69. The highest BCUT2D eigenvalue weighted by Crippen LogP contribution is 2.46. The third-order valence-corrected chi connectivity index (χ3v) is 14.4. The van der Waals surface area contributed by atoms with Crippen molar-refractivity contribution in [2.24, 2.45) is 23.1 Å². The summed E-state index contributed by atoms with van der Waals surface area (Å²) in [6.07, 6.45) is 4.56. The minimum Gasteiger partial charge on any atom is -0.480 e. The largest absolute Gasteiger partial charge is 0.613 e. The van der Waals surface area contributed by atoms with E-state index < -0.39 is 134 Å². The number of aromatic amines is 1. The molecule has 0 radical (unpaired) electrons. The highest BCUT2D eigenvalue weighted by atomic mass is 32.2. The summed E-state index contributed by atoms with van der Waals surface area (Å²) < 4.78 is 4.73. The van der Waals surface area contributed by atoms with Crippen LogP contribution in [-0.2, 0) is 60.8 Å². The normalized spacial score (nSPS) is 17.9. The molecule has 0 saturated carbocycles. The van der Waals surface area contributed by atoms with Crippen LogP contribution in [-0.4, -0.2) is 191 Å². The first-order valence-electron chi connectivity index (χ1n) is 26.5. The van der Waals surface area contributed by atoms with E-state index in [-0.39, 0.29) is 76.2 Å². The topological polar surface area (TPSA) is 486 Å². The molecule has 2 saturated heterocycles. The molecular formula is C49H80N15O15PS+2. The predicted molar refractivity (Wildman–Crippen MR) is 293 cm³/mol. The van der Waals surface area contributed by atoms with Gasteiger partial charge < -0.3 is 74.7 Å². The van der Waals surface area contributed by atoms with Gasteiger partial charge in [0.05, 0.1) is 12.7 Å². The van der Waals surface area contributed by atoms with Crippen molar-refractivity contribution in [3.8, 4) is 5.75 Å². The van der Waals surface area contributed by atoms with Crippen LogP contribution in [0.2, 0.25) is 0 Å². The van der Waals surface area contributed by atoms with E-state index in [1.54, 1.807) is 6.26 Å². The molecule has 21 N–H and O–H groups in total. The first kappa shape index (κ1) is 66.9. The van der Waals surface area contributed by atoms with Crippen molar-refractivity contribution in [3.63, 3.8) is 0 Å². The lowest BCUT2D eigenvalue weighted by molar-refractivity contribution is -0.406. The van der Waals surface area contributed by atoms with Crippen molar-refractivity contribution in [1.82, 2.24) is 57.0 Å². The SMILES string of the molecule is CSCC[C@H](NC(=O)[C@@H]1CCCN1C(=O)[C@H](CC(N)=O)NC(=O)[C@@H]1CCCN1C(=O)[C@H](Cc1cnc[nH]1)NC(=O)[C@@H]([NH3+])CC(C)C)C(=O)N[C@@H](Cc1ccc(O[P+](O)(O)O)cc1)C(=O)N[C@@H](C)C(=O)N[C@@H](CCCNC(N)N)C(=O)O. The number of carboxylic acid groups (broad SMARTS) is 1. The molecule has 81 heavy (non-hydrogen) atoms. The van der Waals surface area contributed by atoms with Gasteiger partial charge in [0.1, 0.15) is 54.6 Å². The molecule has 0 unspecified atom stereocenters. The molecule has 1 aromatic heterocycles. The molecular weight excluding hydrogens is 1100 g/mol. The van der Waals surface area contributed by atoms with Crippen LogP contribution in [0.25, 0.3) is 0 Å². The third kappa shape index (κ3) is 22.0. The van der Waals surface area contributed by atoms with E-state index in [9.17, 15) is 67.7 Å². The molecule has 2 aliphatic rings. The van der Waals surface area contributed by atoms with E-state index >= 15 is 0 Å². The molecule has 0 spiro atoms. The summed E-state index contributed by atoms with van der Waals surface area (Å²) in [6.45, 7) is 5.54. The van der Waals surface area contributed by atoms with Crippen molar-refractivity contribution in [3.05, 3.63) is 48.0 Å². The Morgan fingerprint density at radius 3 is 1.86 bits per heavy atom. The second-order valence-electron chi connectivity index (χ2n) is 20.4. The fourth-order valence-electron chi connectivity index (χ4n) is 9.28. The van der Waals surface area contributed by atoms with Crippen molar-refractivity contribution in [1.29, 1.82) is 0 Å². The van der Waals surface area contributed by atoms with Gasteiger partial charge in [0.15, 0.2) is 11.8 Å². The average molecular weight is 1180 g/mol. The fraction of sp³-hybridized carbons (Fsp3) is 0.612. The van der Waals surface area contributed by atoms with Gasteiger partial charge in [-0.1, -0.05) is 26.0 Å². The van der Waals surface area contributed by atoms with Crippen LogP contribution in [0.3, 0.4) is 0 Å². The van der Waals surface area contributed by atoms with Gasteiger partial charge in [0.25, 0.3) is 5.91 Å². The fourth-order valence-corrected chi connectivity index (χ4v) is 10.2. The number of nitrogens with zero attached hydrogens (tertiary/aromatic N) is 3. The highest BCUT2D eigenvalue weighted by Gasteiger charge is 2.43. The van der Waals surface area contributed by atoms with E-state index in [4.69, 9.17) is 21.7 Å². The van der Waals surface area contributed by atoms with Crippen LogP contribution < -0.4 is 64.7 Å². The number of H-pyrrole nitrogens is 1. The Bertz CT molecular complexity index is 2470. The average Bonchev–Trinajstić information content (AvgIpc) is 4.29. The number of imidazole rings is 1. The Balaban J connectivity index is 1.52. The van der Waals surface area contributed by atoms with Crippen LogP contribution in [0.5, 0.6) is 5.75 Å². The number of carbonyl (C=O) groups is 10. The number of amides is 9. The number of rotatable bonds is 33. The van der Waals surface area contributed by atoms with Gasteiger partial charge in [-0.2, -0.15) is 26.4 Å². The van der Waals surface area contributed by atoms with Gasteiger partial charge >= 0.3 is 14.1 Å². The van der Waals surface area contributed by atoms with Crippen LogP contribution in [0.15, 0.2) is 36.8 Å². The minimum absolute atomic E-state index is 0.000268. The van der Waals surface area contributed by atoms with Crippen LogP contribution in [0.1, 0.15) is 89.8 Å². The van der Waals surface area contributed by atoms with Crippen molar-refractivity contribution >= 4 is 79.1 Å². The molecule has 2 aliphatic heterocycles. The number of primary amides is 1. The standard InChI is InChI=1S/C49H78N15O15PS/c1-26(2)20-31(50)41(67)61-35(22-29-24-54-25-56-29)46(72)63-17-7-10-38(63)45(71)62-36(23-39(51)65)47(73)64-18-6-9-37(64)44(70)58-32(15-19-81-4)42(68)60-34(21-28-11-13-30(14-12-28)79-80(76,77)78)43(69)57-27(3)40(66)59-33(48(74)75)8-5-16-55-49(52)53/h11-14,24-27,31-38,49,55,76-78H,5-10,15-23,50,52-53H2,1-4H3,(H9-,51,54,56,57,58,59,60,61,62,65,66,67,68,69,70,71,74,75)/p+2/t27-,31-,32-,33-,34-,35-,36-,37-,38-/m0/s1. The number of carbonyl (C=O) groups excluding carboxylic acids is 9. The third-order valence-electron chi connectivity index (χ3n) is 13.3. The van der Waals surface area contributed by atoms with E-state index in [2.05, 4.69) is 52.9 Å². The van der Waals surface area contributed by atoms with Gasteiger partial charge in [-0.15, -0.1) is 0 Å². The number of hydrogen-bond donors (Lipinski definition) is 16. The molecule has 0 aliphatic carbocycles. The number of likely N-dealkylation sites (tertiary alicyclic amines) is 2. The summed E-state index contributed by atoms with van der Waals surface area (Å²) in [5.41, 5.74) is 21.4. The molecule has 1 aromatic carbocycles. The number of carboxylic acids is 1. The summed E-state index contributed by atoms with van der Waals surface area (Å²) in [4.78, 5) is 174. The molecule has 9 amide bonds. The maximum absolute atomic E-state index is 14.4. The quantitative estimate of drug-likeness (QED) is 0.0181. The van der Waals surface area contributed by atoms with Gasteiger partial charge in [0.2, 0.25) is 47.3 Å². The lowest BCUT2D eigenvalue weighted by atomic mass is 10.0. The van der Waals surface area contributed by atoms with Gasteiger partial charge in [-0.25, -0.2) is 9.78 Å². The van der Waals surface area contributed by atoms with E-state index in [0.29, 0.717) is 36.3 Å². The molecule has 30 nitrogen and oxygen atoms in total. The molecule has 4 rings (SSSR count). The molecule has 3 heterocycles. The molecule has 0 bridgehead atoms. The van der Waals surface area contributed by atoms with Crippen LogP contribution in [0.4, 0.5) is 0 Å². The molecule has 9 atom stereocenters.